The number of rotatable bonds is 9. The number of ether oxygens (including phenoxy) is 2. The Balaban J connectivity index is 2.14. The maximum Gasteiger partial charge on any atom is 0.295 e. The molecule has 0 saturated carbocycles. The first-order chi connectivity index (χ1) is 15.8. The highest BCUT2D eigenvalue weighted by atomic mass is 16.5. The van der Waals surface area contributed by atoms with E-state index in [1.54, 1.807) is 31.4 Å². The minimum Gasteiger partial charge on any atom is -0.507 e. The molecule has 2 aromatic rings. The molecule has 2 aromatic carbocycles. The minimum atomic E-state index is -0.736. The Morgan fingerprint density at radius 2 is 1.79 bits per heavy atom. The van der Waals surface area contributed by atoms with Crippen LogP contribution in [0.1, 0.15) is 36.1 Å². The number of benzene rings is 2. The SMILES string of the molecule is CCCOc1ccc(C2C(=C(O)c3ccc(C)cc3)C(=O)C(=O)N2CCN(C)C)cc1OC. The molecule has 1 heterocycles. The number of aliphatic hydroxyl groups excluding tert-OH is 1. The molecule has 0 aliphatic carbocycles. The first-order valence-electron chi connectivity index (χ1n) is 11.1. The molecule has 1 aliphatic rings. The van der Waals surface area contributed by atoms with Gasteiger partial charge in [-0.25, -0.2) is 0 Å². The van der Waals surface area contributed by atoms with Crippen LogP contribution in [0.2, 0.25) is 0 Å². The van der Waals surface area contributed by atoms with E-state index in [0.29, 0.717) is 42.3 Å². The molecule has 0 bridgehead atoms. The van der Waals surface area contributed by atoms with Crippen molar-refractivity contribution in [3.63, 3.8) is 0 Å². The summed E-state index contributed by atoms with van der Waals surface area (Å²) < 4.78 is 11.3. The number of likely N-dealkylation sites (N-methyl/N-ethyl adjacent to an activating group) is 1. The molecule has 1 amide bonds. The number of ketones is 1. The van der Waals surface area contributed by atoms with Crippen molar-refractivity contribution in [3.8, 4) is 11.5 Å². The minimum absolute atomic E-state index is 0.0758. The van der Waals surface area contributed by atoms with Gasteiger partial charge in [-0.3, -0.25) is 9.59 Å². The van der Waals surface area contributed by atoms with Gasteiger partial charge in [0.05, 0.1) is 25.3 Å². The lowest BCUT2D eigenvalue weighted by Crippen LogP contribution is -2.35. The highest BCUT2D eigenvalue weighted by Crippen LogP contribution is 2.41. The number of amides is 1. The van der Waals surface area contributed by atoms with Gasteiger partial charge in [-0.05, 0) is 45.1 Å². The molecule has 1 atom stereocenters. The number of hydrogen-bond donors (Lipinski definition) is 1. The molecule has 0 aromatic heterocycles. The average molecular weight is 453 g/mol. The second-order valence-electron chi connectivity index (χ2n) is 8.42. The van der Waals surface area contributed by atoms with E-state index in [1.807, 2.05) is 51.0 Å². The number of carbonyl (C=O) groups is 2. The quantitative estimate of drug-likeness (QED) is 0.354. The Morgan fingerprint density at radius 1 is 1.09 bits per heavy atom. The first-order valence-corrected chi connectivity index (χ1v) is 11.1. The molecule has 0 radical (unpaired) electrons. The predicted octanol–water partition coefficient (Wildman–Crippen LogP) is 3.78. The van der Waals surface area contributed by atoms with Crippen LogP contribution in [0.4, 0.5) is 0 Å². The standard InChI is InChI=1S/C26H32N2O5/c1-6-15-33-20-12-11-19(16-21(20)32-5)23-22(24(29)18-9-7-17(2)8-10-18)25(30)26(31)28(23)14-13-27(3)4/h7-12,16,23,29H,6,13-15H2,1-5H3. The molecular formula is C26H32N2O5. The molecule has 1 unspecified atom stereocenters. The summed E-state index contributed by atoms with van der Waals surface area (Å²) in [5, 5.41) is 11.1. The summed E-state index contributed by atoms with van der Waals surface area (Å²) in [4.78, 5) is 29.6. The van der Waals surface area contributed by atoms with Gasteiger partial charge in [0.15, 0.2) is 11.5 Å². The van der Waals surface area contributed by atoms with Crippen LogP contribution in [0, 0.1) is 6.92 Å². The molecule has 1 aliphatic heterocycles. The van der Waals surface area contributed by atoms with Gasteiger partial charge in [0.25, 0.3) is 11.7 Å². The van der Waals surface area contributed by atoms with Gasteiger partial charge in [-0.1, -0.05) is 42.8 Å². The van der Waals surface area contributed by atoms with E-state index in [1.165, 1.54) is 4.90 Å². The smallest absolute Gasteiger partial charge is 0.295 e. The Kier molecular flexibility index (Phi) is 7.76. The Labute approximate surface area is 195 Å². The molecule has 7 nitrogen and oxygen atoms in total. The monoisotopic (exact) mass is 452 g/mol. The lowest BCUT2D eigenvalue weighted by Gasteiger charge is -2.27. The van der Waals surface area contributed by atoms with Crippen molar-refractivity contribution in [2.45, 2.75) is 26.3 Å². The normalized spacial score (nSPS) is 17.6. The first kappa shape index (κ1) is 24.3. The van der Waals surface area contributed by atoms with Gasteiger partial charge < -0.3 is 24.4 Å². The van der Waals surface area contributed by atoms with Gasteiger partial charge in [-0.2, -0.15) is 0 Å². The number of methoxy groups -OCH3 is 1. The lowest BCUT2D eigenvalue weighted by molar-refractivity contribution is -0.140. The molecule has 7 heteroatoms. The van der Waals surface area contributed by atoms with Crippen LogP contribution in [0.3, 0.4) is 0 Å². The Morgan fingerprint density at radius 3 is 2.39 bits per heavy atom. The fourth-order valence-electron chi connectivity index (χ4n) is 3.82. The van der Waals surface area contributed by atoms with Crippen molar-refractivity contribution in [1.82, 2.24) is 9.80 Å². The van der Waals surface area contributed by atoms with Gasteiger partial charge in [0.2, 0.25) is 0 Å². The molecule has 33 heavy (non-hydrogen) atoms. The predicted molar refractivity (Wildman–Crippen MR) is 128 cm³/mol. The summed E-state index contributed by atoms with van der Waals surface area (Å²) in [5.74, 6) is -0.403. The van der Waals surface area contributed by atoms with Crippen molar-refractivity contribution in [3.05, 3.63) is 64.7 Å². The van der Waals surface area contributed by atoms with Crippen molar-refractivity contribution in [2.75, 3.05) is 40.9 Å². The van der Waals surface area contributed by atoms with E-state index in [4.69, 9.17) is 9.47 Å². The molecular weight excluding hydrogens is 420 g/mol. The summed E-state index contributed by atoms with van der Waals surface area (Å²) in [6, 6.07) is 11.8. The summed E-state index contributed by atoms with van der Waals surface area (Å²) in [5.41, 5.74) is 2.27. The van der Waals surface area contributed by atoms with Crippen molar-refractivity contribution < 1.29 is 24.2 Å². The zero-order chi connectivity index (χ0) is 24.1. The fraction of sp³-hybridized carbons (Fsp3) is 0.385. The van der Waals surface area contributed by atoms with Crippen LogP contribution in [-0.4, -0.2) is 67.5 Å². The number of aliphatic hydroxyl groups is 1. The van der Waals surface area contributed by atoms with Gasteiger partial charge in [0.1, 0.15) is 5.76 Å². The highest BCUT2D eigenvalue weighted by molar-refractivity contribution is 6.46. The third-order valence-corrected chi connectivity index (χ3v) is 5.62. The molecule has 1 N–H and O–H groups in total. The second-order valence-corrected chi connectivity index (χ2v) is 8.42. The van der Waals surface area contributed by atoms with Gasteiger partial charge >= 0.3 is 0 Å². The third-order valence-electron chi connectivity index (χ3n) is 5.62. The number of hydrogen-bond acceptors (Lipinski definition) is 6. The maximum absolute atomic E-state index is 13.1. The Hall–Kier alpha value is -3.32. The zero-order valence-corrected chi connectivity index (χ0v) is 19.9. The van der Waals surface area contributed by atoms with Crippen LogP contribution in [0.5, 0.6) is 11.5 Å². The molecule has 1 fully saturated rings. The summed E-state index contributed by atoms with van der Waals surface area (Å²) in [6.07, 6.45) is 0.853. The van der Waals surface area contributed by atoms with Crippen molar-refractivity contribution in [2.24, 2.45) is 0 Å². The average Bonchev–Trinajstić information content (AvgIpc) is 3.06. The zero-order valence-electron chi connectivity index (χ0n) is 19.9. The third kappa shape index (κ3) is 5.20. The second kappa shape index (κ2) is 10.5. The number of carbonyl (C=O) groups excluding carboxylic acids is 2. The van der Waals surface area contributed by atoms with Crippen molar-refractivity contribution >= 4 is 17.4 Å². The van der Waals surface area contributed by atoms with E-state index < -0.39 is 17.7 Å². The molecule has 176 valence electrons. The van der Waals surface area contributed by atoms with Crippen LogP contribution >= 0.6 is 0 Å². The van der Waals surface area contributed by atoms with Crippen molar-refractivity contribution in [1.29, 1.82) is 0 Å². The summed E-state index contributed by atoms with van der Waals surface area (Å²) in [6.45, 7) is 5.42. The number of likely N-dealkylation sites (tertiary alicyclic amines) is 1. The highest BCUT2D eigenvalue weighted by Gasteiger charge is 2.46. The van der Waals surface area contributed by atoms with Gasteiger partial charge in [-0.15, -0.1) is 0 Å². The van der Waals surface area contributed by atoms with E-state index in [9.17, 15) is 14.7 Å². The van der Waals surface area contributed by atoms with Gasteiger partial charge in [0, 0.05) is 18.7 Å². The van der Waals surface area contributed by atoms with E-state index in [0.717, 1.165) is 12.0 Å². The lowest BCUT2D eigenvalue weighted by atomic mass is 9.94. The van der Waals surface area contributed by atoms with Crippen LogP contribution < -0.4 is 9.47 Å². The Bertz CT molecular complexity index is 1040. The van der Waals surface area contributed by atoms with E-state index in [-0.39, 0.29) is 11.3 Å². The number of Topliss-reactive ketones (excluding diaryl/α,β-unsaturated/α-hetero) is 1. The molecule has 0 spiro atoms. The largest absolute Gasteiger partial charge is 0.507 e. The van der Waals surface area contributed by atoms with E-state index >= 15 is 0 Å². The molecule has 1 saturated heterocycles. The number of nitrogens with zero attached hydrogens (tertiary/aromatic N) is 2. The topological polar surface area (TPSA) is 79.3 Å². The van der Waals surface area contributed by atoms with Crippen LogP contribution in [-0.2, 0) is 9.59 Å². The fourth-order valence-corrected chi connectivity index (χ4v) is 3.82. The van der Waals surface area contributed by atoms with Crippen LogP contribution in [0.15, 0.2) is 48.0 Å². The summed E-state index contributed by atoms with van der Waals surface area (Å²) >= 11 is 0. The number of aryl methyl sites for hydroxylation is 1. The van der Waals surface area contributed by atoms with Crippen LogP contribution in [0.25, 0.3) is 5.76 Å². The maximum atomic E-state index is 13.1. The molecule has 3 rings (SSSR count). The van der Waals surface area contributed by atoms with E-state index in [2.05, 4.69) is 0 Å². The summed E-state index contributed by atoms with van der Waals surface area (Å²) in [7, 11) is 5.36.